The summed E-state index contributed by atoms with van der Waals surface area (Å²) >= 11 is 11.9. The van der Waals surface area contributed by atoms with E-state index < -0.39 is 28.6 Å². The van der Waals surface area contributed by atoms with Crippen LogP contribution in [0.2, 0.25) is 10.0 Å². The average Bonchev–Trinajstić information content (AvgIpc) is 2.95. The highest BCUT2D eigenvalue weighted by Crippen LogP contribution is 2.38. The van der Waals surface area contributed by atoms with E-state index in [1.165, 1.54) is 6.07 Å². The number of rotatable bonds is 3. The van der Waals surface area contributed by atoms with Gasteiger partial charge in [-0.3, -0.25) is 4.79 Å². The summed E-state index contributed by atoms with van der Waals surface area (Å²) in [4.78, 5) is 12.3. The Balaban J connectivity index is 2.50. The van der Waals surface area contributed by atoms with Gasteiger partial charge in [-0.1, -0.05) is 28.4 Å². The molecule has 0 fully saturated rings. The maximum absolute atomic E-state index is 14.4. The van der Waals surface area contributed by atoms with Crippen molar-refractivity contribution in [3.05, 3.63) is 62.3 Å². The lowest BCUT2D eigenvalue weighted by molar-refractivity contribution is 0.422. The number of hydrogen-bond donors (Lipinski definition) is 0. The van der Waals surface area contributed by atoms with Crippen molar-refractivity contribution in [2.45, 2.75) is 13.5 Å². The molecule has 0 saturated carbocycles. The van der Waals surface area contributed by atoms with Crippen LogP contribution in [0.5, 0.6) is 0 Å². The van der Waals surface area contributed by atoms with Crippen molar-refractivity contribution in [2.24, 2.45) is 0 Å². The van der Waals surface area contributed by atoms with Gasteiger partial charge in [0.2, 0.25) is 0 Å². The lowest BCUT2D eigenvalue weighted by Crippen LogP contribution is -2.23. The minimum atomic E-state index is -1.18. The highest BCUT2D eigenvalue weighted by atomic mass is 35.5. The lowest BCUT2D eigenvalue weighted by atomic mass is 10.0. The van der Waals surface area contributed by atoms with Crippen molar-refractivity contribution in [3.8, 4) is 22.5 Å². The molecule has 0 spiro atoms. The van der Waals surface area contributed by atoms with E-state index in [-0.39, 0.29) is 33.5 Å². The van der Waals surface area contributed by atoms with E-state index in [2.05, 4.69) is 5.16 Å². The smallest absolute Gasteiger partial charge is 0.269 e. The van der Waals surface area contributed by atoms with E-state index in [0.717, 1.165) is 10.8 Å². The minimum Gasteiger partial charge on any atom is -0.363 e. The molecule has 0 unspecified atom stereocenters. The van der Waals surface area contributed by atoms with Crippen molar-refractivity contribution in [2.75, 3.05) is 0 Å². The molecular formula is C16H9Cl2F3N2O2. The molecule has 0 aliphatic carbocycles. The molecule has 2 heterocycles. The monoisotopic (exact) mass is 388 g/mol. The van der Waals surface area contributed by atoms with Crippen LogP contribution in [0.25, 0.3) is 22.5 Å². The van der Waals surface area contributed by atoms with Crippen LogP contribution in [0, 0.1) is 17.5 Å². The fourth-order valence-electron chi connectivity index (χ4n) is 2.56. The van der Waals surface area contributed by atoms with E-state index in [4.69, 9.17) is 27.7 Å². The summed E-state index contributed by atoms with van der Waals surface area (Å²) in [5.74, 6) is -3.44. The summed E-state index contributed by atoms with van der Waals surface area (Å²) in [5.41, 5.74) is -1.29. The fraction of sp³-hybridized carbons (Fsp3) is 0.125. The average molecular weight is 389 g/mol. The first-order valence-electron chi connectivity index (χ1n) is 7.03. The summed E-state index contributed by atoms with van der Waals surface area (Å²) in [6.45, 7) is 1.64. The van der Waals surface area contributed by atoms with Crippen LogP contribution >= 0.6 is 23.2 Å². The standard InChI is InChI=1S/C16H9Cl2F3N2O2/c1-2-23-15(13-11(20)3-7(19)4-12(13)21)8(5-9(17)16(23)24)14-10(18)6-25-22-14/h3-6H,2H2,1H3. The second kappa shape index (κ2) is 6.57. The number of nitrogens with zero attached hydrogens (tertiary/aromatic N) is 2. The lowest BCUT2D eigenvalue weighted by Gasteiger charge is -2.17. The highest BCUT2D eigenvalue weighted by Gasteiger charge is 2.25. The van der Waals surface area contributed by atoms with Gasteiger partial charge in [0.05, 0.1) is 11.3 Å². The molecule has 0 aliphatic heterocycles. The van der Waals surface area contributed by atoms with Crippen LogP contribution < -0.4 is 5.56 Å². The summed E-state index contributed by atoms with van der Waals surface area (Å²) in [6.07, 6.45) is 1.12. The Morgan fingerprint density at radius 2 is 1.76 bits per heavy atom. The predicted octanol–water partition coefficient (Wildman–Crippen LogP) is 4.91. The van der Waals surface area contributed by atoms with E-state index >= 15 is 0 Å². The SMILES string of the molecule is CCn1c(-c2c(F)cc(F)cc2F)c(-c2nocc2Cl)cc(Cl)c1=O. The summed E-state index contributed by atoms with van der Waals surface area (Å²) < 4.78 is 47.8. The number of benzene rings is 1. The molecule has 0 bridgehead atoms. The molecule has 3 aromatic rings. The molecule has 2 aromatic heterocycles. The first kappa shape index (κ1) is 17.6. The molecule has 0 amide bonds. The Morgan fingerprint density at radius 1 is 1.12 bits per heavy atom. The van der Waals surface area contributed by atoms with Gasteiger partial charge in [0.25, 0.3) is 5.56 Å². The van der Waals surface area contributed by atoms with Gasteiger partial charge in [0.1, 0.15) is 39.5 Å². The Bertz CT molecular complexity index is 1010. The molecule has 1 aromatic carbocycles. The van der Waals surface area contributed by atoms with Crippen molar-refractivity contribution < 1.29 is 17.7 Å². The molecule has 4 nitrogen and oxygen atoms in total. The third kappa shape index (κ3) is 2.94. The second-order valence-electron chi connectivity index (χ2n) is 5.06. The van der Waals surface area contributed by atoms with Crippen molar-refractivity contribution in [3.63, 3.8) is 0 Å². The molecule has 9 heteroatoms. The Morgan fingerprint density at radius 3 is 2.28 bits per heavy atom. The molecular weight excluding hydrogens is 380 g/mol. The maximum atomic E-state index is 14.4. The first-order chi connectivity index (χ1) is 11.8. The van der Waals surface area contributed by atoms with Crippen molar-refractivity contribution in [1.82, 2.24) is 9.72 Å². The van der Waals surface area contributed by atoms with Crippen molar-refractivity contribution in [1.29, 1.82) is 0 Å². The molecule has 0 atom stereocenters. The van der Waals surface area contributed by atoms with Crippen molar-refractivity contribution >= 4 is 23.2 Å². The van der Waals surface area contributed by atoms with E-state index in [1.807, 2.05) is 0 Å². The van der Waals surface area contributed by atoms with Crippen LogP contribution in [0.15, 0.2) is 33.8 Å². The van der Waals surface area contributed by atoms with Crippen LogP contribution in [-0.2, 0) is 6.54 Å². The minimum absolute atomic E-state index is 0.0453. The van der Waals surface area contributed by atoms with Crippen LogP contribution in [0.3, 0.4) is 0 Å². The van der Waals surface area contributed by atoms with Crippen LogP contribution in [-0.4, -0.2) is 9.72 Å². The summed E-state index contributed by atoms with van der Waals surface area (Å²) in [6, 6.07) is 2.23. The van der Waals surface area contributed by atoms with E-state index in [0.29, 0.717) is 12.1 Å². The van der Waals surface area contributed by atoms with Gasteiger partial charge in [-0.15, -0.1) is 0 Å². The predicted molar refractivity (Wildman–Crippen MR) is 87.2 cm³/mol. The van der Waals surface area contributed by atoms with Gasteiger partial charge in [0.15, 0.2) is 0 Å². The molecule has 0 aliphatic rings. The van der Waals surface area contributed by atoms with Gasteiger partial charge in [-0.05, 0) is 13.0 Å². The molecule has 0 radical (unpaired) electrons. The Kier molecular flexibility index (Phi) is 4.62. The van der Waals surface area contributed by atoms with Crippen LogP contribution in [0.4, 0.5) is 13.2 Å². The largest absolute Gasteiger partial charge is 0.363 e. The highest BCUT2D eigenvalue weighted by molar-refractivity contribution is 6.33. The molecule has 0 saturated heterocycles. The number of aromatic nitrogens is 2. The van der Waals surface area contributed by atoms with E-state index in [1.54, 1.807) is 6.92 Å². The van der Waals surface area contributed by atoms with Gasteiger partial charge >= 0.3 is 0 Å². The Hall–Kier alpha value is -2.25. The van der Waals surface area contributed by atoms with Crippen LogP contribution in [0.1, 0.15) is 6.92 Å². The van der Waals surface area contributed by atoms with Gasteiger partial charge in [0, 0.05) is 24.2 Å². The molecule has 130 valence electrons. The number of hydrogen-bond acceptors (Lipinski definition) is 3. The quantitative estimate of drug-likeness (QED) is 0.639. The normalized spacial score (nSPS) is 11.1. The third-order valence-corrected chi connectivity index (χ3v) is 4.13. The second-order valence-corrected chi connectivity index (χ2v) is 5.87. The fourth-order valence-corrected chi connectivity index (χ4v) is 2.94. The van der Waals surface area contributed by atoms with Gasteiger partial charge in [-0.25, -0.2) is 13.2 Å². The number of pyridine rings is 1. The maximum Gasteiger partial charge on any atom is 0.269 e. The van der Waals surface area contributed by atoms with Gasteiger partial charge < -0.3 is 9.09 Å². The molecule has 0 N–H and O–H groups in total. The van der Waals surface area contributed by atoms with Gasteiger partial charge in [-0.2, -0.15) is 0 Å². The topological polar surface area (TPSA) is 48.0 Å². The summed E-state index contributed by atoms with van der Waals surface area (Å²) in [5, 5.41) is 3.56. The summed E-state index contributed by atoms with van der Waals surface area (Å²) in [7, 11) is 0. The number of halogens is 5. The zero-order chi connectivity index (χ0) is 18.3. The zero-order valence-corrected chi connectivity index (χ0v) is 14.1. The zero-order valence-electron chi connectivity index (χ0n) is 12.6. The first-order valence-corrected chi connectivity index (χ1v) is 7.79. The molecule has 3 rings (SSSR count). The Labute approximate surface area is 149 Å². The van der Waals surface area contributed by atoms with E-state index in [9.17, 15) is 18.0 Å². The molecule has 25 heavy (non-hydrogen) atoms. The third-order valence-electron chi connectivity index (χ3n) is 3.59.